The second-order valence-corrected chi connectivity index (χ2v) is 7.54. The minimum absolute atomic E-state index is 0.0132. The first-order valence-electron chi connectivity index (χ1n) is 10.1. The zero-order valence-corrected chi connectivity index (χ0v) is 16.5. The molecule has 0 spiro atoms. The van der Waals surface area contributed by atoms with Crippen LogP contribution in [0.15, 0.2) is 54.7 Å². The number of methoxy groups -OCH3 is 1. The van der Waals surface area contributed by atoms with Gasteiger partial charge in [-0.15, -0.1) is 0 Å². The molecule has 0 radical (unpaired) electrons. The van der Waals surface area contributed by atoms with Crippen LogP contribution in [-0.4, -0.2) is 45.6 Å². The molecular formula is C23H24N4O2. The number of H-pyrrole nitrogens is 1. The van der Waals surface area contributed by atoms with Crippen LogP contribution in [0.5, 0.6) is 0 Å². The van der Waals surface area contributed by atoms with E-state index in [1.54, 1.807) is 7.11 Å². The Morgan fingerprint density at radius 1 is 1.21 bits per heavy atom. The summed E-state index contributed by atoms with van der Waals surface area (Å²) in [5, 5.41) is 0.990. The zero-order valence-electron chi connectivity index (χ0n) is 16.5. The summed E-state index contributed by atoms with van der Waals surface area (Å²) in [6, 6.07) is 16.0. The van der Waals surface area contributed by atoms with Crippen molar-refractivity contribution in [3.63, 3.8) is 0 Å². The van der Waals surface area contributed by atoms with Gasteiger partial charge in [0.15, 0.2) is 0 Å². The number of hydrogen-bond donors (Lipinski definition) is 1. The fourth-order valence-corrected chi connectivity index (χ4v) is 4.37. The van der Waals surface area contributed by atoms with E-state index in [4.69, 9.17) is 9.72 Å². The Bertz CT molecular complexity index is 1140. The van der Waals surface area contributed by atoms with Gasteiger partial charge in [0.2, 0.25) is 0 Å². The summed E-state index contributed by atoms with van der Waals surface area (Å²) in [5.41, 5.74) is 3.77. The number of likely N-dealkylation sites (tertiary alicyclic amines) is 1. The van der Waals surface area contributed by atoms with E-state index >= 15 is 0 Å². The number of benzene rings is 2. The number of hydrogen-bond acceptors (Lipinski definition) is 3. The number of carbonyl (C=O) groups is 1. The molecule has 1 N–H and O–H groups in total. The lowest BCUT2D eigenvalue weighted by Crippen LogP contribution is -2.31. The van der Waals surface area contributed by atoms with Gasteiger partial charge in [-0.05, 0) is 43.2 Å². The van der Waals surface area contributed by atoms with Gasteiger partial charge in [-0.3, -0.25) is 4.79 Å². The molecule has 2 aromatic carbocycles. The summed E-state index contributed by atoms with van der Waals surface area (Å²) in [7, 11) is 1.70. The molecule has 1 aliphatic heterocycles. The van der Waals surface area contributed by atoms with Crippen LogP contribution >= 0.6 is 0 Å². The molecule has 1 aliphatic rings. The van der Waals surface area contributed by atoms with Gasteiger partial charge in [-0.25, -0.2) is 4.98 Å². The summed E-state index contributed by atoms with van der Waals surface area (Å²) in [6.45, 7) is 2.16. The second-order valence-electron chi connectivity index (χ2n) is 7.54. The lowest BCUT2D eigenvalue weighted by Gasteiger charge is -2.23. The third-order valence-electron chi connectivity index (χ3n) is 5.82. The van der Waals surface area contributed by atoms with Gasteiger partial charge in [-0.1, -0.05) is 18.2 Å². The molecule has 6 heteroatoms. The van der Waals surface area contributed by atoms with Crippen LogP contribution in [0, 0.1) is 0 Å². The van der Waals surface area contributed by atoms with E-state index in [0.29, 0.717) is 6.61 Å². The highest BCUT2D eigenvalue weighted by molar-refractivity contribution is 6.06. The number of imidazole rings is 1. The molecule has 4 aromatic rings. The molecule has 29 heavy (non-hydrogen) atoms. The molecule has 5 rings (SSSR count). The van der Waals surface area contributed by atoms with E-state index in [0.717, 1.165) is 59.3 Å². The first-order chi connectivity index (χ1) is 14.3. The Morgan fingerprint density at radius 2 is 2.10 bits per heavy atom. The lowest BCUT2D eigenvalue weighted by molar-refractivity contribution is 0.0732. The number of ether oxygens (including phenoxy) is 1. The number of fused-ring (bicyclic) bond motifs is 2. The van der Waals surface area contributed by atoms with Crippen molar-refractivity contribution in [3.05, 3.63) is 66.1 Å². The van der Waals surface area contributed by atoms with Crippen molar-refractivity contribution in [1.82, 2.24) is 19.4 Å². The van der Waals surface area contributed by atoms with Gasteiger partial charge in [0, 0.05) is 42.9 Å². The fraction of sp³-hybridized carbons (Fsp3) is 0.304. The van der Waals surface area contributed by atoms with Crippen LogP contribution in [0.1, 0.15) is 35.1 Å². The van der Waals surface area contributed by atoms with Crippen LogP contribution < -0.4 is 0 Å². The third-order valence-corrected chi connectivity index (χ3v) is 5.82. The molecule has 1 saturated heterocycles. The standard InChI is InChI=1S/C23H24N4O2/c1-29-15-14-26-13-11-16-17(6-4-9-20(16)26)23(28)27-12-5-10-21(27)22-24-18-7-2-3-8-19(18)25-22/h2-4,6-9,11,13,21H,5,10,12,14-15H2,1H3,(H,24,25). The van der Waals surface area contributed by atoms with Gasteiger partial charge in [0.25, 0.3) is 5.91 Å². The molecule has 6 nitrogen and oxygen atoms in total. The highest BCUT2D eigenvalue weighted by Crippen LogP contribution is 2.34. The van der Waals surface area contributed by atoms with Crippen molar-refractivity contribution in [3.8, 4) is 0 Å². The summed E-state index contributed by atoms with van der Waals surface area (Å²) in [4.78, 5) is 23.7. The molecule has 1 amide bonds. The molecule has 0 aliphatic carbocycles. The highest BCUT2D eigenvalue weighted by Gasteiger charge is 2.33. The quantitative estimate of drug-likeness (QED) is 0.559. The zero-order chi connectivity index (χ0) is 19.8. The second kappa shape index (κ2) is 7.37. The van der Waals surface area contributed by atoms with E-state index in [1.165, 1.54) is 0 Å². The van der Waals surface area contributed by atoms with Crippen LogP contribution in [0.4, 0.5) is 0 Å². The predicted octanol–water partition coefficient (Wildman–Crippen LogP) is 4.14. The van der Waals surface area contributed by atoms with Crippen molar-refractivity contribution in [2.45, 2.75) is 25.4 Å². The van der Waals surface area contributed by atoms with Gasteiger partial charge < -0.3 is 19.2 Å². The van der Waals surface area contributed by atoms with Gasteiger partial charge in [0.1, 0.15) is 5.82 Å². The molecule has 1 atom stereocenters. The van der Waals surface area contributed by atoms with Crippen molar-refractivity contribution in [2.75, 3.05) is 20.3 Å². The molecular weight excluding hydrogens is 364 g/mol. The molecule has 1 unspecified atom stereocenters. The smallest absolute Gasteiger partial charge is 0.255 e. The van der Waals surface area contributed by atoms with Crippen molar-refractivity contribution < 1.29 is 9.53 Å². The first-order valence-corrected chi connectivity index (χ1v) is 10.1. The molecule has 3 heterocycles. The van der Waals surface area contributed by atoms with Crippen LogP contribution in [0.3, 0.4) is 0 Å². The summed E-state index contributed by atoms with van der Waals surface area (Å²) in [5.74, 6) is 0.949. The normalized spacial score (nSPS) is 16.9. The fourth-order valence-electron chi connectivity index (χ4n) is 4.37. The number of aromatic amines is 1. The number of para-hydroxylation sites is 2. The summed E-state index contributed by atoms with van der Waals surface area (Å²) >= 11 is 0. The molecule has 148 valence electrons. The topological polar surface area (TPSA) is 63.1 Å². The third kappa shape index (κ3) is 3.09. The number of carbonyl (C=O) groups excluding carboxylic acids is 1. The molecule has 0 saturated carbocycles. The number of amides is 1. The minimum Gasteiger partial charge on any atom is -0.383 e. The van der Waals surface area contributed by atoms with E-state index in [2.05, 4.69) is 15.6 Å². The van der Waals surface area contributed by atoms with Crippen molar-refractivity contribution >= 4 is 27.8 Å². The number of nitrogens with zero attached hydrogens (tertiary/aromatic N) is 3. The number of rotatable bonds is 5. The van der Waals surface area contributed by atoms with Crippen molar-refractivity contribution in [1.29, 1.82) is 0 Å². The van der Waals surface area contributed by atoms with Crippen LogP contribution in [0.25, 0.3) is 21.9 Å². The lowest BCUT2D eigenvalue weighted by atomic mass is 10.1. The minimum atomic E-state index is -0.0132. The van der Waals surface area contributed by atoms with E-state index in [1.807, 2.05) is 53.6 Å². The average Bonchev–Trinajstić information content (AvgIpc) is 3.48. The maximum atomic E-state index is 13.5. The Kier molecular flexibility index (Phi) is 4.56. The van der Waals surface area contributed by atoms with E-state index < -0.39 is 0 Å². The van der Waals surface area contributed by atoms with Gasteiger partial charge in [0.05, 0.1) is 23.7 Å². The maximum Gasteiger partial charge on any atom is 0.255 e. The SMILES string of the molecule is COCCn1ccc2c(C(=O)N3CCCC3c3nc4ccccc4[nH]3)cccc21. The molecule has 0 bridgehead atoms. The predicted molar refractivity (Wildman–Crippen MR) is 113 cm³/mol. The maximum absolute atomic E-state index is 13.5. The summed E-state index contributed by atoms with van der Waals surface area (Å²) < 4.78 is 7.34. The molecule has 1 fully saturated rings. The van der Waals surface area contributed by atoms with Crippen LogP contribution in [-0.2, 0) is 11.3 Å². The summed E-state index contributed by atoms with van der Waals surface area (Å²) in [6.07, 6.45) is 3.94. The van der Waals surface area contributed by atoms with E-state index in [-0.39, 0.29) is 11.9 Å². The van der Waals surface area contributed by atoms with E-state index in [9.17, 15) is 4.79 Å². The Morgan fingerprint density at radius 3 is 2.97 bits per heavy atom. The monoisotopic (exact) mass is 388 g/mol. The first kappa shape index (κ1) is 17.9. The number of nitrogens with one attached hydrogen (secondary N) is 1. The Balaban J connectivity index is 1.48. The molecule has 2 aromatic heterocycles. The number of aromatic nitrogens is 3. The highest BCUT2D eigenvalue weighted by atomic mass is 16.5. The average molecular weight is 388 g/mol. The van der Waals surface area contributed by atoms with Gasteiger partial charge in [-0.2, -0.15) is 0 Å². The largest absolute Gasteiger partial charge is 0.383 e. The van der Waals surface area contributed by atoms with Crippen molar-refractivity contribution in [2.24, 2.45) is 0 Å². The Labute approximate surface area is 169 Å². The van der Waals surface area contributed by atoms with Crippen LogP contribution in [0.2, 0.25) is 0 Å². The Hall–Kier alpha value is -3.12. The van der Waals surface area contributed by atoms with Gasteiger partial charge >= 0.3 is 0 Å².